The maximum absolute atomic E-state index is 14.5. The number of allylic oxidation sites excluding steroid dienone is 6. The number of aliphatic hydroxyl groups excluding tert-OH is 2. The molecule has 3 aliphatic heterocycles. The lowest BCUT2D eigenvalue weighted by Crippen LogP contribution is -2.61. The van der Waals surface area contributed by atoms with Crippen LogP contribution in [0.1, 0.15) is 125 Å². The maximum atomic E-state index is 14.5. The zero-order valence-electron chi connectivity index (χ0n) is 42.7. The van der Waals surface area contributed by atoms with Crippen LogP contribution in [0.2, 0.25) is 0 Å². The highest BCUT2D eigenvalue weighted by atomic mass is 16.6. The Kier molecular flexibility index (Phi) is 21.4. The number of aromatic nitrogens is 4. The number of carbonyl (C=O) groups excluding carboxylic acids is 5. The Morgan fingerprint density at radius 2 is 1.67 bits per heavy atom. The SMILES string of the molecule is CO[C@H]1C[C@@H]2CC[C@@H](C)[C@@](O)(O2)C(=O)C(=O)N2CCCC[C@H]2C(=O)O[C@H]([C@H](C)C[C@@H]2CCC(n3cnnn3)[C@H](OC)C2)CC(=O)[C@H](C)/C=C(\CO)[C@@H](O)[C@@H](OC)C(=O)[C@H](C)C[C@H](C)/C=C/C=C/C=C/1C. The summed E-state index contributed by atoms with van der Waals surface area (Å²) in [5.74, 6) is -8.60. The number of cyclic esters (lactones) is 1. The van der Waals surface area contributed by atoms with Gasteiger partial charge in [0, 0.05) is 58.5 Å². The molecule has 5 rings (SSSR count). The number of ether oxygens (including phenoxy) is 5. The Bertz CT molecular complexity index is 2040. The minimum Gasteiger partial charge on any atom is -0.460 e. The lowest BCUT2D eigenvalue weighted by Gasteiger charge is -2.42. The number of hydrogen-bond acceptors (Lipinski definition) is 16. The average molecular weight is 982 g/mol. The molecule has 3 N–H and O–H groups in total. The molecule has 4 heterocycles. The fourth-order valence-electron chi connectivity index (χ4n) is 10.8. The fourth-order valence-corrected chi connectivity index (χ4v) is 10.8. The molecule has 3 fully saturated rings. The first-order valence-electron chi connectivity index (χ1n) is 25.2. The van der Waals surface area contributed by atoms with Crippen molar-refractivity contribution in [3.63, 3.8) is 0 Å². The van der Waals surface area contributed by atoms with Crippen LogP contribution >= 0.6 is 0 Å². The van der Waals surface area contributed by atoms with E-state index in [1.807, 2.05) is 51.2 Å². The number of rotatable bonds is 8. The summed E-state index contributed by atoms with van der Waals surface area (Å²) in [7, 11) is 4.53. The normalized spacial score (nSPS) is 38.4. The van der Waals surface area contributed by atoms with E-state index in [2.05, 4.69) is 15.5 Å². The molecule has 18 heteroatoms. The first-order valence-corrected chi connectivity index (χ1v) is 25.2. The van der Waals surface area contributed by atoms with Crippen molar-refractivity contribution in [2.75, 3.05) is 34.5 Å². The number of ketones is 3. The first kappa shape index (κ1) is 56.6. The van der Waals surface area contributed by atoms with Gasteiger partial charge >= 0.3 is 5.97 Å². The molecule has 0 spiro atoms. The standard InChI is InChI=1S/C52H79N5O13/c1-31-15-11-10-12-16-32(2)43(66-7)27-39-20-18-36(6)52(65,70-39)49(62)50(63)56-22-14-13-17-41(56)51(64)69-44(34(4)24-37-19-21-40(45(26-37)67-8)57-30-53-54-55-57)28-42(59)33(3)25-38(29-58)47(61)48(68-9)46(60)35(5)23-31/h10-12,15-16,25,30-31,33-37,39-41,43-45,47-48,58,61,65H,13-14,17-24,26-29H2,1-9H3/b12-10+,15-11+,32-16+,38-25+/t31-,33-,34-,35-,36-,37+,39+,40?,41+,43+,44+,45-,47-,48+,52-/m1/s1. The first-order chi connectivity index (χ1) is 33.4. The number of amides is 1. The number of tetrazole rings is 1. The average Bonchev–Trinajstić information content (AvgIpc) is 3.89. The zero-order valence-corrected chi connectivity index (χ0v) is 42.7. The molecule has 4 aliphatic rings. The maximum Gasteiger partial charge on any atom is 0.329 e. The van der Waals surface area contributed by atoms with Crippen LogP contribution in [0.3, 0.4) is 0 Å². The number of esters is 1. The monoisotopic (exact) mass is 982 g/mol. The summed E-state index contributed by atoms with van der Waals surface area (Å²) in [4.78, 5) is 72.4. The Balaban J connectivity index is 1.48. The molecule has 18 nitrogen and oxygen atoms in total. The van der Waals surface area contributed by atoms with E-state index in [-0.39, 0.29) is 66.4 Å². The summed E-state index contributed by atoms with van der Waals surface area (Å²) in [5, 5.41) is 45.7. The van der Waals surface area contributed by atoms with Crippen LogP contribution in [0.4, 0.5) is 0 Å². The number of piperidine rings is 1. The van der Waals surface area contributed by atoms with E-state index >= 15 is 0 Å². The van der Waals surface area contributed by atoms with Gasteiger partial charge in [-0.05, 0) is 110 Å². The number of fused-ring (bicyclic) bond motifs is 3. The van der Waals surface area contributed by atoms with Crippen molar-refractivity contribution < 1.29 is 63.0 Å². The molecule has 1 saturated carbocycles. The Morgan fingerprint density at radius 1 is 0.914 bits per heavy atom. The Morgan fingerprint density at radius 3 is 2.34 bits per heavy atom. The van der Waals surface area contributed by atoms with Crippen LogP contribution < -0.4 is 0 Å². The largest absolute Gasteiger partial charge is 0.460 e. The van der Waals surface area contributed by atoms with E-state index < -0.39 is 84.4 Å². The molecule has 1 unspecified atom stereocenters. The molecule has 0 aromatic carbocycles. The highest BCUT2D eigenvalue weighted by Crippen LogP contribution is 2.39. The molecule has 390 valence electrons. The summed E-state index contributed by atoms with van der Waals surface area (Å²) in [6.45, 7) is 10.2. The van der Waals surface area contributed by atoms with Gasteiger partial charge in [0.1, 0.15) is 36.5 Å². The van der Waals surface area contributed by atoms with Crippen LogP contribution in [0.25, 0.3) is 0 Å². The molecular formula is C52H79N5O13. The number of Topliss-reactive ketones (excluding diaryl/α,β-unsaturated/α-hetero) is 3. The van der Waals surface area contributed by atoms with Crippen LogP contribution in [0.5, 0.6) is 0 Å². The predicted molar refractivity (Wildman–Crippen MR) is 257 cm³/mol. The molecule has 0 radical (unpaired) electrons. The number of carbonyl (C=O) groups is 5. The molecule has 1 aliphatic carbocycles. The quantitative estimate of drug-likeness (QED) is 0.176. The van der Waals surface area contributed by atoms with Crippen LogP contribution in [0, 0.1) is 35.5 Å². The molecule has 2 bridgehead atoms. The summed E-state index contributed by atoms with van der Waals surface area (Å²) in [6, 6.07) is -1.25. The summed E-state index contributed by atoms with van der Waals surface area (Å²) in [6.07, 6.45) is 12.7. The van der Waals surface area contributed by atoms with Crippen molar-refractivity contribution in [2.24, 2.45) is 35.5 Å². The third-order valence-corrected chi connectivity index (χ3v) is 15.2. The van der Waals surface area contributed by atoms with Gasteiger partial charge in [0.15, 0.2) is 5.78 Å². The van der Waals surface area contributed by atoms with Gasteiger partial charge < -0.3 is 43.9 Å². The van der Waals surface area contributed by atoms with E-state index in [4.69, 9.17) is 23.7 Å². The van der Waals surface area contributed by atoms with E-state index in [9.17, 15) is 39.3 Å². The van der Waals surface area contributed by atoms with E-state index in [0.29, 0.717) is 51.4 Å². The number of nitrogens with zero attached hydrogens (tertiary/aromatic N) is 5. The predicted octanol–water partition coefficient (Wildman–Crippen LogP) is 5.02. The number of hydrogen-bond donors (Lipinski definition) is 3. The minimum absolute atomic E-state index is 0.0328. The van der Waals surface area contributed by atoms with Gasteiger partial charge in [0.25, 0.3) is 11.7 Å². The number of methoxy groups -OCH3 is 3. The van der Waals surface area contributed by atoms with Gasteiger partial charge in [0.05, 0.1) is 31.0 Å². The van der Waals surface area contributed by atoms with Crippen molar-refractivity contribution in [1.29, 1.82) is 0 Å². The Hall–Kier alpha value is -4.30. The zero-order chi connectivity index (χ0) is 51.3. The smallest absolute Gasteiger partial charge is 0.329 e. The molecule has 2 saturated heterocycles. The molecule has 1 aromatic heterocycles. The fraction of sp³-hybridized carbons (Fsp3) is 0.731. The topological polar surface area (TPSA) is 239 Å². The summed E-state index contributed by atoms with van der Waals surface area (Å²) >= 11 is 0. The minimum atomic E-state index is -2.45. The van der Waals surface area contributed by atoms with Crippen molar-refractivity contribution in [3.8, 4) is 0 Å². The van der Waals surface area contributed by atoms with Crippen LogP contribution in [-0.2, 0) is 47.7 Å². The molecule has 1 amide bonds. The van der Waals surface area contributed by atoms with E-state index in [1.165, 1.54) is 18.1 Å². The van der Waals surface area contributed by atoms with E-state index in [1.54, 1.807) is 46.0 Å². The van der Waals surface area contributed by atoms with Crippen molar-refractivity contribution in [3.05, 3.63) is 53.9 Å². The second kappa shape index (κ2) is 26.4. The van der Waals surface area contributed by atoms with Gasteiger partial charge in [-0.15, -0.1) is 5.10 Å². The highest BCUT2D eigenvalue weighted by Gasteiger charge is 2.53. The van der Waals surface area contributed by atoms with Crippen LogP contribution in [0.15, 0.2) is 53.9 Å². The number of aliphatic hydroxyl groups is 3. The molecule has 70 heavy (non-hydrogen) atoms. The lowest BCUT2D eigenvalue weighted by atomic mass is 9.77. The van der Waals surface area contributed by atoms with Gasteiger partial charge in [-0.1, -0.05) is 71.1 Å². The summed E-state index contributed by atoms with van der Waals surface area (Å²) in [5.41, 5.74) is 0.897. The molecule has 1 aromatic rings. The highest BCUT2D eigenvalue weighted by molar-refractivity contribution is 6.39. The van der Waals surface area contributed by atoms with Gasteiger partial charge in [-0.25, -0.2) is 9.48 Å². The van der Waals surface area contributed by atoms with Crippen molar-refractivity contribution in [1.82, 2.24) is 25.1 Å². The lowest BCUT2D eigenvalue weighted by molar-refractivity contribution is -0.265. The Labute approximate surface area is 413 Å². The summed E-state index contributed by atoms with van der Waals surface area (Å²) < 4.78 is 31.5. The second-order valence-corrected chi connectivity index (χ2v) is 20.4. The van der Waals surface area contributed by atoms with Crippen molar-refractivity contribution in [2.45, 2.75) is 173 Å². The van der Waals surface area contributed by atoms with Gasteiger partial charge in [-0.3, -0.25) is 19.2 Å². The second-order valence-electron chi connectivity index (χ2n) is 20.4. The van der Waals surface area contributed by atoms with Gasteiger partial charge in [0.2, 0.25) is 5.79 Å². The van der Waals surface area contributed by atoms with E-state index in [0.717, 1.165) is 18.4 Å². The van der Waals surface area contributed by atoms with Crippen molar-refractivity contribution >= 4 is 29.2 Å². The van der Waals surface area contributed by atoms with Gasteiger partial charge in [-0.2, -0.15) is 0 Å². The third-order valence-electron chi connectivity index (χ3n) is 15.2. The third kappa shape index (κ3) is 14.2. The molecule has 15 atom stereocenters. The molecular weight excluding hydrogens is 903 g/mol. The van der Waals surface area contributed by atoms with Crippen LogP contribution in [-0.4, -0.2) is 153 Å².